The highest BCUT2D eigenvalue weighted by molar-refractivity contribution is 5.95. The van der Waals surface area contributed by atoms with E-state index in [9.17, 15) is 0 Å². The van der Waals surface area contributed by atoms with Crippen LogP contribution in [0.15, 0.2) is 30.5 Å². The van der Waals surface area contributed by atoms with Crippen molar-refractivity contribution in [1.29, 1.82) is 0 Å². The van der Waals surface area contributed by atoms with E-state index in [4.69, 9.17) is 4.74 Å². The van der Waals surface area contributed by atoms with Crippen molar-refractivity contribution in [1.82, 2.24) is 4.98 Å². The molecule has 3 nitrogen and oxygen atoms in total. The number of benzene rings is 1. The minimum atomic E-state index is 0.520. The number of nitrogens with zero attached hydrogens (tertiary/aromatic N) is 1. The lowest BCUT2D eigenvalue weighted by atomic mass is 10.1. The van der Waals surface area contributed by atoms with E-state index in [1.807, 2.05) is 24.4 Å². The summed E-state index contributed by atoms with van der Waals surface area (Å²) in [5.41, 5.74) is 0. The van der Waals surface area contributed by atoms with Gasteiger partial charge in [-0.3, -0.25) is 0 Å². The molecule has 1 fully saturated rings. The molecule has 3 rings (SSSR count). The Morgan fingerprint density at radius 1 is 1.30 bits per heavy atom. The average molecular weight is 270 g/mol. The Kier molecular flexibility index (Phi) is 3.77. The molecule has 1 saturated carbocycles. The number of fused-ring (bicyclic) bond motifs is 1. The number of aromatic nitrogens is 1. The number of ether oxygens (including phenoxy) is 1. The predicted octanol–water partition coefficient (Wildman–Crippen LogP) is 4.23. The van der Waals surface area contributed by atoms with Crippen molar-refractivity contribution in [3.8, 4) is 5.75 Å². The van der Waals surface area contributed by atoms with E-state index in [1.165, 1.54) is 19.3 Å². The molecule has 1 aliphatic carbocycles. The lowest BCUT2D eigenvalue weighted by molar-refractivity contribution is 0.420. The van der Waals surface area contributed by atoms with Crippen LogP contribution in [0.2, 0.25) is 0 Å². The Balaban J connectivity index is 1.90. The Morgan fingerprint density at radius 2 is 2.15 bits per heavy atom. The number of methoxy groups -OCH3 is 1. The molecule has 1 aromatic heterocycles. The molecule has 1 aliphatic rings. The van der Waals surface area contributed by atoms with E-state index in [1.54, 1.807) is 7.11 Å². The van der Waals surface area contributed by atoms with Gasteiger partial charge in [-0.25, -0.2) is 4.98 Å². The van der Waals surface area contributed by atoms with Crippen molar-refractivity contribution in [3.63, 3.8) is 0 Å². The van der Waals surface area contributed by atoms with E-state index in [-0.39, 0.29) is 0 Å². The highest BCUT2D eigenvalue weighted by Gasteiger charge is 2.25. The Labute approximate surface area is 120 Å². The molecule has 0 saturated heterocycles. The molecule has 1 aromatic carbocycles. The SMILES string of the molecule is CCC(CC1CC1)Nc1nccc2c(OC)cccc12. The molecule has 20 heavy (non-hydrogen) atoms. The van der Waals surface area contributed by atoms with Gasteiger partial charge in [-0.05, 0) is 30.9 Å². The summed E-state index contributed by atoms with van der Waals surface area (Å²) in [7, 11) is 1.71. The van der Waals surface area contributed by atoms with Crippen molar-refractivity contribution in [2.75, 3.05) is 12.4 Å². The molecule has 0 bridgehead atoms. The van der Waals surface area contributed by atoms with E-state index in [2.05, 4.69) is 23.3 Å². The maximum atomic E-state index is 5.43. The highest BCUT2D eigenvalue weighted by Crippen LogP contribution is 2.35. The third-order valence-corrected chi connectivity index (χ3v) is 4.13. The number of hydrogen-bond acceptors (Lipinski definition) is 3. The molecule has 0 spiro atoms. The number of anilines is 1. The second-order valence-corrected chi connectivity index (χ2v) is 5.64. The fraction of sp³-hybridized carbons (Fsp3) is 0.471. The summed E-state index contributed by atoms with van der Waals surface area (Å²) in [5.74, 6) is 2.81. The molecule has 2 aromatic rings. The molecule has 0 aliphatic heterocycles. The van der Waals surface area contributed by atoms with Gasteiger partial charge in [0, 0.05) is 23.0 Å². The molecule has 0 amide bonds. The largest absolute Gasteiger partial charge is 0.496 e. The van der Waals surface area contributed by atoms with Gasteiger partial charge >= 0.3 is 0 Å². The van der Waals surface area contributed by atoms with E-state index in [0.29, 0.717) is 6.04 Å². The maximum absolute atomic E-state index is 5.43. The first kappa shape index (κ1) is 13.2. The summed E-state index contributed by atoms with van der Waals surface area (Å²) in [4.78, 5) is 4.53. The summed E-state index contributed by atoms with van der Waals surface area (Å²) in [6.07, 6.45) is 7.05. The Hall–Kier alpha value is -1.77. The van der Waals surface area contributed by atoms with Crippen LogP contribution in [0.5, 0.6) is 5.75 Å². The van der Waals surface area contributed by atoms with Crippen LogP contribution in [0.25, 0.3) is 10.8 Å². The zero-order valence-corrected chi connectivity index (χ0v) is 12.2. The lowest BCUT2D eigenvalue weighted by Crippen LogP contribution is -2.20. The van der Waals surface area contributed by atoms with Gasteiger partial charge in [-0.15, -0.1) is 0 Å². The second-order valence-electron chi connectivity index (χ2n) is 5.64. The van der Waals surface area contributed by atoms with Crippen molar-refractivity contribution in [2.24, 2.45) is 5.92 Å². The van der Waals surface area contributed by atoms with Crippen molar-refractivity contribution < 1.29 is 4.74 Å². The third kappa shape index (κ3) is 2.72. The summed E-state index contributed by atoms with van der Waals surface area (Å²) in [6.45, 7) is 2.24. The molecule has 1 heterocycles. The van der Waals surface area contributed by atoms with Gasteiger partial charge in [0.05, 0.1) is 7.11 Å². The van der Waals surface area contributed by atoms with Gasteiger partial charge in [0.15, 0.2) is 0 Å². The molecule has 0 radical (unpaired) electrons. The van der Waals surface area contributed by atoms with Crippen LogP contribution in [0, 0.1) is 5.92 Å². The summed E-state index contributed by atoms with van der Waals surface area (Å²) < 4.78 is 5.43. The van der Waals surface area contributed by atoms with Gasteiger partial charge in [0.2, 0.25) is 0 Å². The monoisotopic (exact) mass is 270 g/mol. The van der Waals surface area contributed by atoms with Gasteiger partial charge in [0.25, 0.3) is 0 Å². The highest BCUT2D eigenvalue weighted by atomic mass is 16.5. The Morgan fingerprint density at radius 3 is 2.85 bits per heavy atom. The number of hydrogen-bond donors (Lipinski definition) is 1. The van der Waals surface area contributed by atoms with Crippen LogP contribution >= 0.6 is 0 Å². The number of nitrogens with one attached hydrogen (secondary N) is 1. The first-order chi connectivity index (χ1) is 9.81. The van der Waals surface area contributed by atoms with Crippen LogP contribution in [0.4, 0.5) is 5.82 Å². The average Bonchev–Trinajstić information content (AvgIpc) is 3.30. The smallest absolute Gasteiger partial charge is 0.134 e. The molecule has 1 unspecified atom stereocenters. The van der Waals surface area contributed by atoms with E-state index < -0.39 is 0 Å². The van der Waals surface area contributed by atoms with Crippen molar-refractivity contribution >= 4 is 16.6 Å². The summed E-state index contributed by atoms with van der Waals surface area (Å²) >= 11 is 0. The topological polar surface area (TPSA) is 34.2 Å². The molecular weight excluding hydrogens is 248 g/mol. The predicted molar refractivity (Wildman–Crippen MR) is 83.3 cm³/mol. The van der Waals surface area contributed by atoms with E-state index >= 15 is 0 Å². The minimum absolute atomic E-state index is 0.520. The normalized spacial score (nSPS) is 16.1. The quantitative estimate of drug-likeness (QED) is 0.852. The minimum Gasteiger partial charge on any atom is -0.496 e. The zero-order valence-electron chi connectivity index (χ0n) is 12.2. The lowest BCUT2D eigenvalue weighted by Gasteiger charge is -2.19. The number of rotatable bonds is 6. The van der Waals surface area contributed by atoms with Gasteiger partial charge in [0.1, 0.15) is 11.6 Å². The zero-order chi connectivity index (χ0) is 13.9. The van der Waals surface area contributed by atoms with Gasteiger partial charge < -0.3 is 10.1 Å². The standard InChI is InChI=1S/C17H22N2O/c1-3-13(11-12-7-8-12)19-17-15-5-4-6-16(20-2)14(15)9-10-18-17/h4-6,9-10,12-13H,3,7-8,11H2,1-2H3,(H,18,19). The molecular formula is C17H22N2O. The van der Waals surface area contributed by atoms with Gasteiger partial charge in [-0.1, -0.05) is 31.9 Å². The van der Waals surface area contributed by atoms with Crippen LogP contribution in [-0.2, 0) is 0 Å². The van der Waals surface area contributed by atoms with E-state index in [0.717, 1.165) is 34.7 Å². The van der Waals surface area contributed by atoms with Crippen molar-refractivity contribution in [3.05, 3.63) is 30.5 Å². The van der Waals surface area contributed by atoms with Gasteiger partial charge in [-0.2, -0.15) is 0 Å². The third-order valence-electron chi connectivity index (χ3n) is 4.13. The fourth-order valence-electron chi connectivity index (χ4n) is 2.75. The first-order valence-electron chi connectivity index (χ1n) is 7.50. The molecule has 1 atom stereocenters. The van der Waals surface area contributed by atoms with Crippen LogP contribution in [0.3, 0.4) is 0 Å². The second kappa shape index (κ2) is 5.70. The van der Waals surface area contributed by atoms with Crippen molar-refractivity contribution in [2.45, 2.75) is 38.6 Å². The molecule has 1 N–H and O–H groups in total. The fourth-order valence-corrected chi connectivity index (χ4v) is 2.75. The maximum Gasteiger partial charge on any atom is 0.134 e. The summed E-state index contributed by atoms with van der Waals surface area (Å²) in [5, 5.41) is 5.89. The molecule has 106 valence electrons. The van der Waals surface area contributed by atoms with Crippen LogP contribution in [-0.4, -0.2) is 18.1 Å². The molecule has 3 heteroatoms. The van der Waals surface area contributed by atoms with Crippen LogP contribution < -0.4 is 10.1 Å². The first-order valence-corrected chi connectivity index (χ1v) is 7.50. The number of pyridine rings is 1. The van der Waals surface area contributed by atoms with Crippen LogP contribution in [0.1, 0.15) is 32.6 Å². The summed E-state index contributed by atoms with van der Waals surface area (Å²) in [6, 6.07) is 8.66. The Bertz CT molecular complexity index is 593.